The minimum atomic E-state index is -1.02. The minimum Gasteiger partial charge on any atom is -0.475 e. The molecule has 2 atom stereocenters. The van der Waals surface area contributed by atoms with Gasteiger partial charge in [0.2, 0.25) is 5.76 Å². The van der Waals surface area contributed by atoms with E-state index < -0.39 is 5.97 Å². The van der Waals surface area contributed by atoms with Crippen molar-refractivity contribution in [2.75, 3.05) is 12.3 Å². The number of aromatic carboxylic acids is 1. The first-order chi connectivity index (χ1) is 8.16. The molecule has 0 spiro atoms. The van der Waals surface area contributed by atoms with Gasteiger partial charge in [-0.3, -0.25) is 0 Å². The van der Waals surface area contributed by atoms with Crippen molar-refractivity contribution >= 4 is 17.7 Å². The highest BCUT2D eigenvalue weighted by molar-refractivity contribution is 8.00. The number of furan rings is 1. The third kappa shape index (κ3) is 3.26. The number of hydrogen-bond acceptors (Lipinski definition) is 4. The summed E-state index contributed by atoms with van der Waals surface area (Å²) in [4.78, 5) is 10.7. The third-order valence-corrected chi connectivity index (χ3v) is 4.34. The van der Waals surface area contributed by atoms with E-state index in [2.05, 4.69) is 5.32 Å². The second kappa shape index (κ2) is 5.60. The van der Waals surface area contributed by atoms with Crippen LogP contribution in [-0.2, 0) is 0 Å². The Morgan fingerprint density at radius 2 is 2.53 bits per heavy atom. The highest BCUT2D eigenvalue weighted by Gasteiger charge is 2.18. The summed E-state index contributed by atoms with van der Waals surface area (Å²) in [5.74, 6) is 0.925. The van der Waals surface area contributed by atoms with E-state index in [1.54, 1.807) is 6.07 Å². The van der Waals surface area contributed by atoms with Crippen LogP contribution in [0.1, 0.15) is 42.1 Å². The van der Waals surface area contributed by atoms with E-state index in [4.69, 9.17) is 9.52 Å². The fourth-order valence-corrected chi connectivity index (χ4v) is 3.13. The standard InChI is InChI=1S/C12H17NO3S/c1-8(13-7-9-3-2-6-17-9)10-4-5-11(16-10)12(14)15/h4-5,8-9,13H,2-3,6-7H2,1H3,(H,14,15). The van der Waals surface area contributed by atoms with Crippen LogP contribution in [0.3, 0.4) is 0 Å². The molecule has 0 saturated carbocycles. The molecule has 0 bridgehead atoms. The lowest BCUT2D eigenvalue weighted by Crippen LogP contribution is -2.25. The van der Waals surface area contributed by atoms with Gasteiger partial charge >= 0.3 is 5.97 Å². The highest BCUT2D eigenvalue weighted by atomic mass is 32.2. The highest BCUT2D eigenvalue weighted by Crippen LogP contribution is 2.26. The van der Waals surface area contributed by atoms with Gasteiger partial charge in [0, 0.05) is 11.8 Å². The Morgan fingerprint density at radius 3 is 3.12 bits per heavy atom. The molecule has 1 aromatic heterocycles. The number of carbonyl (C=O) groups is 1. The maximum Gasteiger partial charge on any atom is 0.371 e. The largest absolute Gasteiger partial charge is 0.475 e. The van der Waals surface area contributed by atoms with E-state index in [1.165, 1.54) is 24.7 Å². The molecular weight excluding hydrogens is 238 g/mol. The Balaban J connectivity index is 1.85. The molecule has 1 fully saturated rings. The quantitative estimate of drug-likeness (QED) is 0.846. The van der Waals surface area contributed by atoms with Gasteiger partial charge < -0.3 is 14.8 Å². The van der Waals surface area contributed by atoms with Crippen molar-refractivity contribution in [3.8, 4) is 0 Å². The van der Waals surface area contributed by atoms with Crippen molar-refractivity contribution in [1.29, 1.82) is 0 Å². The molecule has 4 nitrogen and oxygen atoms in total. The average molecular weight is 255 g/mol. The Morgan fingerprint density at radius 1 is 1.71 bits per heavy atom. The molecule has 1 aliphatic heterocycles. The van der Waals surface area contributed by atoms with Crippen molar-refractivity contribution in [2.24, 2.45) is 0 Å². The molecule has 1 aromatic rings. The summed E-state index contributed by atoms with van der Waals surface area (Å²) in [6.45, 7) is 2.94. The van der Waals surface area contributed by atoms with E-state index in [1.807, 2.05) is 18.7 Å². The van der Waals surface area contributed by atoms with Gasteiger partial charge in [0.15, 0.2) is 0 Å². The summed E-state index contributed by atoms with van der Waals surface area (Å²) in [6, 6.07) is 3.28. The van der Waals surface area contributed by atoms with Crippen LogP contribution in [0.25, 0.3) is 0 Å². The summed E-state index contributed by atoms with van der Waals surface area (Å²) in [6.07, 6.45) is 2.57. The van der Waals surface area contributed by atoms with Gasteiger partial charge in [0.25, 0.3) is 0 Å². The van der Waals surface area contributed by atoms with Crippen molar-refractivity contribution in [3.05, 3.63) is 23.7 Å². The van der Waals surface area contributed by atoms with Crippen molar-refractivity contribution < 1.29 is 14.3 Å². The summed E-state index contributed by atoms with van der Waals surface area (Å²) >= 11 is 2.00. The van der Waals surface area contributed by atoms with Crippen LogP contribution < -0.4 is 5.32 Å². The van der Waals surface area contributed by atoms with E-state index in [0.29, 0.717) is 11.0 Å². The molecule has 0 aromatic carbocycles. The Kier molecular flexibility index (Phi) is 4.12. The van der Waals surface area contributed by atoms with Gasteiger partial charge in [0.1, 0.15) is 5.76 Å². The van der Waals surface area contributed by atoms with E-state index in [9.17, 15) is 4.79 Å². The van der Waals surface area contributed by atoms with E-state index in [-0.39, 0.29) is 11.8 Å². The van der Waals surface area contributed by atoms with E-state index >= 15 is 0 Å². The molecular formula is C12H17NO3S. The minimum absolute atomic E-state index is 0.00360. The van der Waals surface area contributed by atoms with Crippen LogP contribution >= 0.6 is 11.8 Å². The van der Waals surface area contributed by atoms with Gasteiger partial charge in [-0.05, 0) is 37.7 Å². The second-order valence-corrected chi connectivity index (χ2v) is 5.68. The molecule has 2 heterocycles. The summed E-state index contributed by atoms with van der Waals surface area (Å²) in [7, 11) is 0. The number of carboxylic acid groups (broad SMARTS) is 1. The van der Waals surface area contributed by atoms with E-state index in [0.717, 1.165) is 6.54 Å². The SMILES string of the molecule is CC(NCC1CCCS1)c1ccc(C(=O)O)o1. The molecule has 0 aliphatic carbocycles. The molecule has 1 aliphatic rings. The first kappa shape index (κ1) is 12.5. The molecule has 2 unspecified atom stereocenters. The van der Waals surface area contributed by atoms with Crippen LogP contribution in [-0.4, -0.2) is 28.6 Å². The Hall–Kier alpha value is -0.940. The second-order valence-electron chi connectivity index (χ2n) is 4.27. The lowest BCUT2D eigenvalue weighted by Gasteiger charge is -2.14. The smallest absolute Gasteiger partial charge is 0.371 e. The Bertz CT molecular complexity index is 385. The average Bonchev–Trinajstić information content (AvgIpc) is 2.96. The molecule has 2 N–H and O–H groups in total. The van der Waals surface area contributed by atoms with Crippen LogP contribution in [0.2, 0.25) is 0 Å². The van der Waals surface area contributed by atoms with Crippen molar-refractivity contribution in [1.82, 2.24) is 5.32 Å². The van der Waals surface area contributed by atoms with Crippen LogP contribution in [0, 0.1) is 0 Å². The number of carboxylic acids is 1. The maximum atomic E-state index is 10.7. The van der Waals surface area contributed by atoms with Gasteiger partial charge in [0.05, 0.1) is 6.04 Å². The van der Waals surface area contributed by atoms with Crippen LogP contribution in [0.4, 0.5) is 0 Å². The topological polar surface area (TPSA) is 62.5 Å². The normalized spacial score (nSPS) is 21.6. The zero-order valence-corrected chi connectivity index (χ0v) is 10.6. The molecule has 5 heteroatoms. The zero-order valence-electron chi connectivity index (χ0n) is 9.81. The fourth-order valence-electron chi connectivity index (χ4n) is 1.91. The fraction of sp³-hybridized carbons (Fsp3) is 0.583. The Labute approximate surface area is 105 Å². The van der Waals surface area contributed by atoms with Gasteiger partial charge in [-0.2, -0.15) is 11.8 Å². The monoisotopic (exact) mass is 255 g/mol. The number of rotatable bonds is 5. The molecule has 1 saturated heterocycles. The van der Waals surface area contributed by atoms with Crippen molar-refractivity contribution in [2.45, 2.75) is 31.1 Å². The molecule has 17 heavy (non-hydrogen) atoms. The van der Waals surface area contributed by atoms with Crippen LogP contribution in [0.15, 0.2) is 16.5 Å². The summed E-state index contributed by atoms with van der Waals surface area (Å²) < 4.78 is 5.25. The lowest BCUT2D eigenvalue weighted by atomic mass is 10.2. The van der Waals surface area contributed by atoms with Crippen molar-refractivity contribution in [3.63, 3.8) is 0 Å². The molecule has 2 rings (SSSR count). The van der Waals surface area contributed by atoms with Gasteiger partial charge in [-0.15, -0.1) is 0 Å². The number of thioether (sulfide) groups is 1. The predicted octanol–water partition coefficient (Wildman–Crippen LogP) is 2.52. The molecule has 94 valence electrons. The van der Waals surface area contributed by atoms with Crippen LogP contribution in [0.5, 0.6) is 0 Å². The zero-order chi connectivity index (χ0) is 12.3. The third-order valence-electron chi connectivity index (χ3n) is 2.94. The summed E-state index contributed by atoms with van der Waals surface area (Å²) in [5.41, 5.74) is 0. The molecule has 0 radical (unpaired) electrons. The number of nitrogens with one attached hydrogen (secondary N) is 1. The summed E-state index contributed by atoms with van der Waals surface area (Å²) in [5, 5.41) is 12.8. The predicted molar refractivity (Wildman–Crippen MR) is 67.6 cm³/mol. The first-order valence-corrected chi connectivity index (χ1v) is 6.89. The maximum absolute atomic E-state index is 10.7. The van der Waals surface area contributed by atoms with Gasteiger partial charge in [-0.25, -0.2) is 4.79 Å². The molecule has 0 amide bonds. The number of hydrogen-bond donors (Lipinski definition) is 2. The van der Waals surface area contributed by atoms with Gasteiger partial charge in [-0.1, -0.05) is 0 Å². The lowest BCUT2D eigenvalue weighted by molar-refractivity contribution is 0.0659. The first-order valence-electron chi connectivity index (χ1n) is 5.85.